The van der Waals surface area contributed by atoms with Crippen LogP contribution >= 0.6 is 24.0 Å². The average Bonchev–Trinajstić information content (AvgIpc) is 2.57. The molecular weight excluding hydrogens is 427 g/mol. The number of methoxy groups -OCH3 is 1. The molecule has 0 saturated heterocycles. The van der Waals surface area contributed by atoms with Crippen LogP contribution in [0.4, 0.5) is 0 Å². The zero-order valence-electron chi connectivity index (χ0n) is 15.3. The van der Waals surface area contributed by atoms with Crippen LogP contribution in [0.15, 0.2) is 41.5 Å². The van der Waals surface area contributed by atoms with E-state index in [1.807, 2.05) is 12.1 Å². The van der Waals surface area contributed by atoms with E-state index in [9.17, 15) is 0 Å². The number of guanidine groups is 1. The molecule has 0 radical (unpaired) electrons. The molecule has 0 atom stereocenters. The van der Waals surface area contributed by atoms with Crippen molar-refractivity contribution in [2.75, 3.05) is 20.7 Å². The largest absolute Gasteiger partial charge is 0.481 e. The van der Waals surface area contributed by atoms with Gasteiger partial charge >= 0.3 is 0 Å². The summed E-state index contributed by atoms with van der Waals surface area (Å²) in [5.41, 5.74) is 4.94. The molecule has 0 aliphatic rings. The van der Waals surface area contributed by atoms with Crippen molar-refractivity contribution in [2.45, 2.75) is 26.8 Å². The summed E-state index contributed by atoms with van der Waals surface area (Å²) in [4.78, 5) is 8.45. The highest BCUT2D eigenvalue weighted by Gasteiger charge is 2.04. The fourth-order valence-corrected chi connectivity index (χ4v) is 2.68. The smallest absolute Gasteiger partial charge is 0.218 e. The molecule has 0 saturated carbocycles. The van der Waals surface area contributed by atoms with E-state index in [2.05, 4.69) is 52.7 Å². The monoisotopic (exact) mass is 454 g/mol. The van der Waals surface area contributed by atoms with E-state index in [4.69, 9.17) is 4.74 Å². The summed E-state index contributed by atoms with van der Waals surface area (Å²) in [6.45, 7) is 5.70. The van der Waals surface area contributed by atoms with Gasteiger partial charge in [0.1, 0.15) is 0 Å². The average molecular weight is 454 g/mol. The highest BCUT2D eigenvalue weighted by atomic mass is 127. The summed E-state index contributed by atoms with van der Waals surface area (Å²) in [6.07, 6.45) is 2.68. The Balaban J connectivity index is 0.00000312. The first kappa shape index (κ1) is 21.2. The summed E-state index contributed by atoms with van der Waals surface area (Å²) < 4.78 is 5.26. The Kier molecular flexibility index (Phi) is 9.26. The Hall–Kier alpha value is -1.83. The van der Waals surface area contributed by atoms with Crippen LogP contribution in [0.2, 0.25) is 0 Å². The van der Waals surface area contributed by atoms with Crippen LogP contribution in [0.5, 0.6) is 5.88 Å². The third kappa shape index (κ3) is 6.89. The van der Waals surface area contributed by atoms with Gasteiger partial charge in [0.15, 0.2) is 5.96 Å². The highest BCUT2D eigenvalue weighted by molar-refractivity contribution is 14.0. The van der Waals surface area contributed by atoms with E-state index in [1.54, 1.807) is 20.4 Å². The Labute approximate surface area is 167 Å². The molecule has 2 rings (SSSR count). The van der Waals surface area contributed by atoms with Gasteiger partial charge in [0.25, 0.3) is 0 Å². The zero-order valence-corrected chi connectivity index (χ0v) is 17.6. The van der Waals surface area contributed by atoms with Gasteiger partial charge in [-0.05, 0) is 31.9 Å². The van der Waals surface area contributed by atoms with E-state index in [0.29, 0.717) is 12.4 Å². The van der Waals surface area contributed by atoms with E-state index < -0.39 is 0 Å². The summed E-state index contributed by atoms with van der Waals surface area (Å²) in [6, 6.07) is 10.5. The van der Waals surface area contributed by atoms with Gasteiger partial charge in [0.2, 0.25) is 5.88 Å². The van der Waals surface area contributed by atoms with Crippen molar-refractivity contribution in [1.29, 1.82) is 0 Å². The lowest BCUT2D eigenvalue weighted by Crippen LogP contribution is -2.38. The number of hydrogen-bond donors (Lipinski definition) is 2. The maximum atomic E-state index is 5.26. The Bertz CT molecular complexity index is 683. The zero-order chi connectivity index (χ0) is 17.4. The molecule has 5 nitrogen and oxygen atoms in total. The second-order valence-corrected chi connectivity index (χ2v) is 5.77. The maximum absolute atomic E-state index is 5.26. The fourth-order valence-electron chi connectivity index (χ4n) is 2.68. The summed E-state index contributed by atoms with van der Waals surface area (Å²) in [7, 11) is 3.40. The number of aromatic nitrogens is 1. The third-order valence-corrected chi connectivity index (χ3v) is 3.70. The van der Waals surface area contributed by atoms with Gasteiger partial charge in [-0.15, -0.1) is 24.0 Å². The van der Waals surface area contributed by atoms with Crippen LogP contribution < -0.4 is 15.4 Å². The second-order valence-electron chi connectivity index (χ2n) is 5.77. The van der Waals surface area contributed by atoms with Gasteiger partial charge in [0, 0.05) is 31.9 Å². The molecule has 1 aromatic heterocycles. The molecule has 0 aliphatic heterocycles. The van der Waals surface area contributed by atoms with Crippen molar-refractivity contribution in [3.63, 3.8) is 0 Å². The summed E-state index contributed by atoms with van der Waals surface area (Å²) in [5, 5.41) is 6.63. The number of ether oxygens (including phenoxy) is 1. The number of hydrogen-bond acceptors (Lipinski definition) is 3. The van der Waals surface area contributed by atoms with Crippen LogP contribution in [0.1, 0.15) is 22.3 Å². The van der Waals surface area contributed by atoms with Gasteiger partial charge in [-0.1, -0.05) is 35.4 Å². The lowest BCUT2D eigenvalue weighted by atomic mass is 10.1. The van der Waals surface area contributed by atoms with Crippen LogP contribution in [-0.2, 0) is 13.0 Å². The van der Waals surface area contributed by atoms with Crippen molar-refractivity contribution in [3.05, 3.63) is 58.8 Å². The van der Waals surface area contributed by atoms with Crippen molar-refractivity contribution < 1.29 is 4.74 Å². The molecule has 0 fully saturated rings. The van der Waals surface area contributed by atoms with Gasteiger partial charge < -0.3 is 15.4 Å². The van der Waals surface area contributed by atoms with Crippen LogP contribution in [0, 0.1) is 13.8 Å². The molecule has 0 spiro atoms. The highest BCUT2D eigenvalue weighted by Crippen LogP contribution is 2.12. The molecule has 2 aromatic rings. The van der Waals surface area contributed by atoms with Gasteiger partial charge in [-0.3, -0.25) is 4.99 Å². The lowest BCUT2D eigenvalue weighted by Gasteiger charge is -2.13. The molecule has 6 heteroatoms. The molecule has 2 N–H and O–H groups in total. The number of halogens is 1. The number of nitrogens with zero attached hydrogens (tertiary/aromatic N) is 2. The van der Waals surface area contributed by atoms with Gasteiger partial charge in [0.05, 0.1) is 7.11 Å². The molecule has 0 amide bonds. The minimum Gasteiger partial charge on any atom is -0.481 e. The minimum absolute atomic E-state index is 0. The molecule has 0 bridgehead atoms. The second kappa shape index (κ2) is 10.9. The van der Waals surface area contributed by atoms with Crippen LogP contribution in [0.3, 0.4) is 0 Å². The lowest BCUT2D eigenvalue weighted by molar-refractivity contribution is 0.392. The molecule has 1 heterocycles. The first-order valence-corrected chi connectivity index (χ1v) is 8.12. The SMILES string of the molecule is CN=C(NCCc1cc(C)cc(C)c1)NCc1cccnc1OC.I. The first-order valence-electron chi connectivity index (χ1n) is 8.12. The van der Waals surface area contributed by atoms with Gasteiger partial charge in [-0.2, -0.15) is 0 Å². The number of benzene rings is 1. The predicted molar refractivity (Wildman–Crippen MR) is 114 cm³/mol. The Morgan fingerprint density at radius 1 is 1.16 bits per heavy atom. The molecule has 0 aliphatic carbocycles. The van der Waals surface area contributed by atoms with Crippen molar-refractivity contribution in [3.8, 4) is 5.88 Å². The molecular formula is C19H27IN4O. The first-order chi connectivity index (χ1) is 11.6. The van der Waals surface area contributed by atoms with Crippen molar-refractivity contribution in [1.82, 2.24) is 15.6 Å². The topological polar surface area (TPSA) is 58.5 Å². The van der Waals surface area contributed by atoms with E-state index >= 15 is 0 Å². The van der Waals surface area contributed by atoms with E-state index in [1.165, 1.54) is 16.7 Å². The summed E-state index contributed by atoms with van der Waals surface area (Å²) >= 11 is 0. The third-order valence-electron chi connectivity index (χ3n) is 3.70. The fraction of sp³-hybridized carbons (Fsp3) is 0.368. The van der Waals surface area contributed by atoms with E-state index in [-0.39, 0.29) is 24.0 Å². The van der Waals surface area contributed by atoms with Gasteiger partial charge in [-0.25, -0.2) is 4.98 Å². The normalized spacial score (nSPS) is 10.8. The molecule has 0 unspecified atom stereocenters. The Morgan fingerprint density at radius 3 is 2.52 bits per heavy atom. The number of rotatable bonds is 6. The van der Waals surface area contributed by atoms with Crippen molar-refractivity contribution >= 4 is 29.9 Å². The molecule has 1 aromatic carbocycles. The molecule has 25 heavy (non-hydrogen) atoms. The number of aliphatic imine (C=N–C) groups is 1. The number of pyridine rings is 1. The number of nitrogens with one attached hydrogen (secondary N) is 2. The summed E-state index contributed by atoms with van der Waals surface area (Å²) in [5.74, 6) is 1.40. The standard InChI is InChI=1S/C19H26N4O.HI/c1-14-10-15(2)12-16(11-14)7-9-22-19(20-3)23-13-17-6-5-8-21-18(17)24-4;/h5-6,8,10-12H,7,9,13H2,1-4H3,(H2,20,22,23);1H. The maximum Gasteiger partial charge on any atom is 0.218 e. The predicted octanol–water partition coefficient (Wildman–Crippen LogP) is 3.23. The van der Waals surface area contributed by atoms with Crippen molar-refractivity contribution in [2.24, 2.45) is 4.99 Å². The Morgan fingerprint density at radius 2 is 1.88 bits per heavy atom. The van der Waals surface area contributed by atoms with E-state index in [0.717, 1.165) is 24.5 Å². The van der Waals surface area contributed by atoms with Crippen LogP contribution in [0.25, 0.3) is 0 Å². The number of aryl methyl sites for hydroxylation is 2. The molecule has 136 valence electrons. The van der Waals surface area contributed by atoms with Crippen LogP contribution in [-0.4, -0.2) is 31.6 Å². The quantitative estimate of drug-likeness (QED) is 0.400. The minimum atomic E-state index is 0.